The van der Waals surface area contributed by atoms with E-state index in [1.807, 2.05) is 105 Å². The lowest BCUT2D eigenvalue weighted by molar-refractivity contribution is -0.125. The highest BCUT2D eigenvalue weighted by atomic mass is 35.5. The van der Waals surface area contributed by atoms with Crippen LogP contribution in [0.1, 0.15) is 185 Å². The van der Waals surface area contributed by atoms with Gasteiger partial charge in [0.25, 0.3) is 27.8 Å². The number of carbonyl (C=O) groups is 2. The molecule has 16 rings (SSSR count). The van der Waals surface area contributed by atoms with Gasteiger partial charge >= 0.3 is 28.4 Å². The van der Waals surface area contributed by atoms with Gasteiger partial charge in [0.15, 0.2) is 55.8 Å². The third-order valence-electron chi connectivity index (χ3n) is 24.7. The Kier molecular flexibility index (Phi) is 48.8. The predicted molar refractivity (Wildman–Crippen MR) is 585 cm³/mol. The summed E-state index contributed by atoms with van der Waals surface area (Å²) in [7, 11) is 30.2. The Hall–Kier alpha value is -13.9. The fourth-order valence-corrected chi connectivity index (χ4v) is 17.1. The molecular formula is C100H151Cl3N34O13. The Bertz CT molecular complexity index is 7430. The van der Waals surface area contributed by atoms with E-state index in [1.54, 1.807) is 133 Å². The average Bonchev–Trinajstić information content (AvgIpc) is 1.62. The predicted octanol–water partition coefficient (Wildman–Crippen LogP) is 6.56. The lowest BCUT2D eigenvalue weighted by Crippen LogP contribution is -2.39. The first-order chi connectivity index (χ1) is 71.2. The maximum Gasteiger partial charge on any atom is 0.332 e. The van der Waals surface area contributed by atoms with Crippen molar-refractivity contribution >= 4 is 102 Å². The zero-order chi connectivity index (χ0) is 111. The van der Waals surface area contributed by atoms with Gasteiger partial charge in [0, 0.05) is 204 Å². The molecule has 0 fully saturated rings. The van der Waals surface area contributed by atoms with Crippen LogP contribution in [0.5, 0.6) is 0 Å². The van der Waals surface area contributed by atoms with Crippen LogP contribution in [0, 0.1) is 41.5 Å². The zero-order valence-electron chi connectivity index (χ0n) is 91.5. The van der Waals surface area contributed by atoms with Crippen LogP contribution in [0.15, 0.2) is 116 Å². The first-order valence-electron chi connectivity index (χ1n) is 49.9. The van der Waals surface area contributed by atoms with E-state index in [-0.39, 0.29) is 69.6 Å². The van der Waals surface area contributed by atoms with Crippen LogP contribution < -0.4 is 67.5 Å². The third-order valence-corrected chi connectivity index (χ3v) is 25.5. The number of hydrazine groups is 1. The van der Waals surface area contributed by atoms with E-state index in [1.165, 1.54) is 71.4 Å². The van der Waals surface area contributed by atoms with Gasteiger partial charge in [0.1, 0.15) is 11.6 Å². The van der Waals surface area contributed by atoms with Gasteiger partial charge in [-0.15, -0.1) is 34.8 Å². The van der Waals surface area contributed by atoms with Crippen molar-refractivity contribution in [3.8, 4) is 0 Å². The Morgan fingerprint density at radius 2 is 0.587 bits per heavy atom. The quantitative estimate of drug-likeness (QED) is 0.0109. The first kappa shape index (κ1) is 123. The number of carbonyl (C=O) groups excluding carboxylic acids is 2. The summed E-state index contributed by atoms with van der Waals surface area (Å²) >= 11 is 16.6. The summed E-state index contributed by atoms with van der Waals surface area (Å²) < 4.78 is 31.8. The van der Waals surface area contributed by atoms with E-state index in [0.717, 1.165) is 191 Å². The number of aliphatic hydroxyl groups excluding tert-OH is 1. The van der Waals surface area contributed by atoms with Crippen LogP contribution in [-0.2, 0) is 187 Å². The fourth-order valence-electron chi connectivity index (χ4n) is 16.5. The minimum Gasteiger partial charge on any atom is -0.397 e. The molecule has 0 aliphatic rings. The zero-order valence-corrected chi connectivity index (χ0v) is 93.8. The molecular weight excluding hydrogens is 1990 g/mol. The van der Waals surface area contributed by atoms with Crippen molar-refractivity contribution in [2.45, 2.75) is 223 Å². The van der Waals surface area contributed by atoms with Gasteiger partial charge in [-0.05, 0) is 227 Å². The van der Waals surface area contributed by atoms with Gasteiger partial charge < -0.3 is 27.9 Å². The second-order valence-corrected chi connectivity index (χ2v) is 38.0. The molecule has 0 unspecified atom stereocenters. The molecule has 150 heavy (non-hydrogen) atoms. The summed E-state index contributed by atoms with van der Waals surface area (Å²) in [6.45, 7) is 17.0. The molecule has 47 nitrogen and oxygen atoms in total. The molecule has 16 aromatic rings. The highest BCUT2D eigenvalue weighted by Crippen LogP contribution is 2.17. The number of aromatic nitrogens is 32. The molecule has 820 valence electrons. The average molecular weight is 2140 g/mol. The number of nitrogens with zero attached hydrogens (tertiary/aromatic N) is 31. The molecule has 5 N–H and O–H groups in total. The van der Waals surface area contributed by atoms with E-state index in [2.05, 4.69) is 115 Å². The molecule has 0 saturated heterocycles. The van der Waals surface area contributed by atoms with E-state index in [9.17, 15) is 57.5 Å². The number of ketones is 2. The SMILES string of the molecule is CC(=O)CC(=O)CCCCCl.CCO.CNN.Cc1cc(CCCCCl)n(C)n1.Cc1cc(CCCCCl)nn1C.Cc1cc(CCCCn2c(=O)c3c(ncn3C)n(C)c2=O)n(C)n1.Cc1cc(CCCCn2c(=O)c3c(ncn3C)n(C)c2=O)n(C)n1.Cc1cc(CCCCn2c(=O)c3c(ncn3C)n(C)c2=O)nn1C.Cc1cc(CCCCn2c(=O)c3c(ncn3C)n(C)c2=O)nn1C.Cn1cnc2c1c(=O)[nH]c(=O)n2C. The van der Waals surface area contributed by atoms with E-state index in [0.29, 0.717) is 94.3 Å². The van der Waals surface area contributed by atoms with Crippen molar-refractivity contribution in [2.75, 3.05) is 31.3 Å². The minimum absolute atomic E-state index is 0.0302. The lowest BCUT2D eigenvalue weighted by Gasteiger charge is -2.08. The maximum atomic E-state index is 12.6. The second-order valence-electron chi connectivity index (χ2n) is 36.8. The molecule has 50 heteroatoms. The van der Waals surface area contributed by atoms with Crippen molar-refractivity contribution in [3.05, 3.63) is 241 Å². The molecule has 0 spiro atoms. The molecule has 16 aromatic heterocycles. The summed E-state index contributed by atoms with van der Waals surface area (Å²) in [4.78, 5) is 166. The highest BCUT2D eigenvalue weighted by molar-refractivity contribution is 6.18. The Morgan fingerprint density at radius 1 is 0.347 bits per heavy atom. The normalized spacial score (nSPS) is 10.9. The number of aromatic amines is 1. The highest BCUT2D eigenvalue weighted by Gasteiger charge is 2.22. The standard InChI is InChI=1S/4C16H22N6O2.2C9H15ClN2.C8H13ClO2.C7H8N4O2.C2H6O.CH6N2/c2*1-11-9-12(18-21(11)4)7-5-6-8-22-15(23)13-14(17-10-19(13)2)20(3)16(22)24;2*1-11-9-12(21(4)18-11)7-5-6-8-22-15(23)13-14(17-10-19(13)2)20(3)16(22)24;1-8-7-9(11-12(8)2)5-3-4-6-10;1-8-7-9(12(2)11-8)5-3-4-6-10;1-7(10)6-8(11)4-2-3-5-9;1-10-3-8-5-4(10)6(12)9-7(13)11(5)2;1-2-3;1-3-2/h4*9-10H,5-8H2,1-4H3;2*7H,3-6H2,1-2H3;2-6H2,1H3;3H,1-2H3,(H,9,12,13);2*3H,2H2,1H3. The molecule has 16 heterocycles. The number of Topliss-reactive ketones (excluding diaryl/α,β-unsaturated/α-hetero) is 2. The van der Waals surface area contributed by atoms with E-state index < -0.39 is 11.2 Å². The number of nitrogens with one attached hydrogen (secondary N) is 2. The number of hydrogen-bond donors (Lipinski definition) is 4. The van der Waals surface area contributed by atoms with Crippen molar-refractivity contribution in [1.82, 2.24) is 158 Å². The number of fused-ring (bicyclic) bond motifs is 5. The third kappa shape index (κ3) is 33.6. The topological polar surface area (TPSA) is 519 Å². The molecule has 0 aliphatic carbocycles. The van der Waals surface area contributed by atoms with Gasteiger partial charge in [-0.25, -0.2) is 48.9 Å². The number of H-pyrrole nitrogens is 1. The molecule has 0 aliphatic heterocycles. The fraction of sp³-hybridized carbons (Fsp3) is 0.550. The first-order valence-corrected chi connectivity index (χ1v) is 51.5. The Morgan fingerprint density at radius 3 is 0.827 bits per heavy atom. The number of halogens is 3. The van der Waals surface area contributed by atoms with Gasteiger partial charge in [0.05, 0.1) is 72.2 Å². The molecule has 0 amide bonds. The van der Waals surface area contributed by atoms with Crippen LogP contribution in [0.4, 0.5) is 0 Å². The molecule has 0 atom stereocenters. The maximum absolute atomic E-state index is 12.6. The van der Waals surface area contributed by atoms with Crippen molar-refractivity contribution in [3.63, 3.8) is 0 Å². The van der Waals surface area contributed by atoms with E-state index >= 15 is 0 Å². The number of rotatable bonds is 34. The van der Waals surface area contributed by atoms with Gasteiger partial charge in [-0.2, -0.15) is 30.6 Å². The number of hydrogen-bond acceptors (Lipinski definition) is 26. The van der Waals surface area contributed by atoms with Crippen molar-refractivity contribution < 1.29 is 14.7 Å². The molecule has 0 radical (unpaired) electrons. The summed E-state index contributed by atoms with van der Waals surface area (Å²) in [6, 6.07) is 12.5. The molecule has 0 aromatic carbocycles. The monoisotopic (exact) mass is 2140 g/mol. The van der Waals surface area contributed by atoms with Crippen molar-refractivity contribution in [2.24, 2.45) is 119 Å². The van der Waals surface area contributed by atoms with Crippen LogP contribution in [0.3, 0.4) is 0 Å². The van der Waals surface area contributed by atoms with E-state index in [4.69, 9.17) is 39.9 Å². The lowest BCUT2D eigenvalue weighted by atomic mass is 10.1. The number of unbranched alkanes of at least 4 members (excludes halogenated alkanes) is 7. The summed E-state index contributed by atoms with van der Waals surface area (Å²) in [5.74, 6) is 6.68. The smallest absolute Gasteiger partial charge is 0.332 e. The van der Waals surface area contributed by atoms with Crippen LogP contribution in [-0.4, -0.2) is 200 Å². The van der Waals surface area contributed by atoms with Crippen LogP contribution in [0.25, 0.3) is 55.8 Å². The number of aliphatic hydroxyl groups is 1. The Balaban J connectivity index is 0.000000234. The van der Waals surface area contributed by atoms with Crippen LogP contribution in [0.2, 0.25) is 0 Å². The second kappa shape index (κ2) is 59.5. The summed E-state index contributed by atoms with van der Waals surface area (Å²) in [6.07, 6.45) is 26.5. The number of imidazole rings is 5. The van der Waals surface area contributed by atoms with Gasteiger partial charge in [-0.3, -0.25) is 119 Å². The number of alkyl halides is 3. The summed E-state index contributed by atoms with van der Waals surface area (Å²) in [5.41, 5.74) is 16.8. The number of aryl methyl sites for hydroxylation is 28. The van der Waals surface area contributed by atoms with Gasteiger partial charge in [0.2, 0.25) is 0 Å². The van der Waals surface area contributed by atoms with Crippen LogP contribution >= 0.6 is 34.8 Å². The summed E-state index contributed by atoms with van der Waals surface area (Å²) in [5, 5.41) is 33.7. The molecule has 0 saturated carbocycles. The Labute approximate surface area is 883 Å². The number of nitrogens with two attached hydrogens (primary N) is 1. The van der Waals surface area contributed by atoms with Gasteiger partial charge in [-0.1, -0.05) is 0 Å². The minimum atomic E-state index is -0.448. The molecule has 0 bridgehead atoms. The largest absolute Gasteiger partial charge is 0.397 e. The van der Waals surface area contributed by atoms with Crippen molar-refractivity contribution in [1.29, 1.82) is 0 Å².